The van der Waals surface area contributed by atoms with Crippen LogP contribution in [0.25, 0.3) is 0 Å². The van der Waals surface area contributed by atoms with Crippen LogP contribution in [0.5, 0.6) is 0 Å². The van der Waals surface area contributed by atoms with Crippen molar-refractivity contribution in [3.8, 4) is 0 Å². The summed E-state index contributed by atoms with van der Waals surface area (Å²) in [5, 5.41) is 3.73. The SMILES string of the molecule is CCCNC1CCC(N(CCC(C)C)C2CCCC2)CC1. The minimum Gasteiger partial charge on any atom is -0.314 e. The van der Waals surface area contributed by atoms with Gasteiger partial charge in [0.1, 0.15) is 0 Å². The molecule has 2 saturated carbocycles. The maximum absolute atomic E-state index is 3.73. The molecule has 2 nitrogen and oxygen atoms in total. The lowest BCUT2D eigenvalue weighted by atomic mass is 9.88. The van der Waals surface area contributed by atoms with Crippen LogP contribution in [0.15, 0.2) is 0 Å². The van der Waals surface area contributed by atoms with Crippen LogP contribution < -0.4 is 5.32 Å². The topological polar surface area (TPSA) is 15.3 Å². The van der Waals surface area contributed by atoms with Crippen molar-refractivity contribution in [1.82, 2.24) is 10.2 Å². The number of hydrogen-bond donors (Lipinski definition) is 1. The molecule has 0 aliphatic heterocycles. The van der Waals surface area contributed by atoms with Crippen molar-refractivity contribution in [2.24, 2.45) is 5.92 Å². The Morgan fingerprint density at radius 1 is 0.952 bits per heavy atom. The Morgan fingerprint density at radius 2 is 1.57 bits per heavy atom. The average molecular weight is 295 g/mol. The Balaban J connectivity index is 1.82. The fraction of sp³-hybridized carbons (Fsp3) is 1.00. The molecule has 0 unspecified atom stereocenters. The van der Waals surface area contributed by atoms with Gasteiger partial charge in [-0.25, -0.2) is 0 Å². The average Bonchev–Trinajstić information content (AvgIpc) is 3.00. The molecule has 0 saturated heterocycles. The summed E-state index contributed by atoms with van der Waals surface area (Å²) in [4.78, 5) is 2.93. The fourth-order valence-corrected chi connectivity index (χ4v) is 4.27. The predicted molar refractivity (Wildman–Crippen MR) is 92.8 cm³/mol. The lowest BCUT2D eigenvalue weighted by Crippen LogP contribution is -2.47. The van der Waals surface area contributed by atoms with Gasteiger partial charge in [0.2, 0.25) is 0 Å². The summed E-state index contributed by atoms with van der Waals surface area (Å²) in [6, 6.07) is 2.59. The lowest BCUT2D eigenvalue weighted by Gasteiger charge is -2.41. The van der Waals surface area contributed by atoms with E-state index in [9.17, 15) is 0 Å². The van der Waals surface area contributed by atoms with Crippen LogP contribution in [-0.2, 0) is 0 Å². The number of nitrogens with one attached hydrogen (secondary N) is 1. The van der Waals surface area contributed by atoms with Crippen molar-refractivity contribution in [2.75, 3.05) is 13.1 Å². The second kappa shape index (κ2) is 9.15. The van der Waals surface area contributed by atoms with Gasteiger partial charge in [-0.2, -0.15) is 0 Å². The predicted octanol–water partition coefficient (Wildman–Crippen LogP) is 4.59. The molecule has 0 atom stereocenters. The van der Waals surface area contributed by atoms with E-state index in [1.165, 1.54) is 77.3 Å². The molecule has 124 valence electrons. The van der Waals surface area contributed by atoms with Crippen LogP contribution in [0.1, 0.15) is 85.0 Å². The van der Waals surface area contributed by atoms with Crippen LogP contribution in [0, 0.1) is 5.92 Å². The molecule has 0 heterocycles. The van der Waals surface area contributed by atoms with Crippen molar-refractivity contribution in [3.05, 3.63) is 0 Å². The molecule has 21 heavy (non-hydrogen) atoms. The summed E-state index contributed by atoms with van der Waals surface area (Å²) in [5.74, 6) is 0.844. The van der Waals surface area contributed by atoms with E-state index < -0.39 is 0 Å². The minimum absolute atomic E-state index is 0.803. The third-order valence-electron chi connectivity index (χ3n) is 5.61. The zero-order valence-corrected chi connectivity index (χ0v) is 14.7. The van der Waals surface area contributed by atoms with Crippen molar-refractivity contribution < 1.29 is 0 Å². The molecule has 2 aliphatic rings. The summed E-state index contributed by atoms with van der Waals surface area (Å²) < 4.78 is 0. The van der Waals surface area contributed by atoms with Crippen molar-refractivity contribution in [1.29, 1.82) is 0 Å². The highest BCUT2D eigenvalue weighted by Crippen LogP contribution is 2.31. The first-order chi connectivity index (χ1) is 10.2. The van der Waals surface area contributed by atoms with Crippen LogP contribution >= 0.6 is 0 Å². The van der Waals surface area contributed by atoms with E-state index in [1.54, 1.807) is 0 Å². The first-order valence-electron chi connectivity index (χ1n) is 9.69. The maximum atomic E-state index is 3.73. The molecule has 2 aliphatic carbocycles. The second-order valence-corrected chi connectivity index (χ2v) is 7.82. The molecule has 1 N–H and O–H groups in total. The van der Waals surface area contributed by atoms with Gasteiger partial charge in [-0.3, -0.25) is 4.90 Å². The molecule has 0 amide bonds. The highest BCUT2D eigenvalue weighted by molar-refractivity contribution is 4.88. The summed E-state index contributed by atoms with van der Waals surface area (Å²) in [5.41, 5.74) is 0. The van der Waals surface area contributed by atoms with Crippen molar-refractivity contribution in [3.63, 3.8) is 0 Å². The van der Waals surface area contributed by atoms with E-state index in [1.807, 2.05) is 0 Å². The summed E-state index contributed by atoms with van der Waals surface area (Å²) in [6.45, 7) is 9.57. The molecule has 0 spiro atoms. The highest BCUT2D eigenvalue weighted by Gasteiger charge is 2.31. The third-order valence-corrected chi connectivity index (χ3v) is 5.61. The number of rotatable bonds is 8. The Hall–Kier alpha value is -0.0800. The van der Waals surface area contributed by atoms with E-state index in [0.717, 1.165) is 24.0 Å². The summed E-state index contributed by atoms with van der Waals surface area (Å²) in [7, 11) is 0. The van der Waals surface area contributed by atoms with Gasteiger partial charge in [0.25, 0.3) is 0 Å². The van der Waals surface area contributed by atoms with Crippen molar-refractivity contribution >= 4 is 0 Å². The third kappa shape index (κ3) is 5.56. The first-order valence-corrected chi connectivity index (χ1v) is 9.69. The Morgan fingerprint density at radius 3 is 2.14 bits per heavy atom. The van der Waals surface area contributed by atoms with Gasteiger partial charge in [-0.05, 0) is 70.4 Å². The Kier molecular flexibility index (Phi) is 7.53. The van der Waals surface area contributed by atoms with E-state index in [2.05, 4.69) is 31.0 Å². The molecule has 0 aromatic rings. The minimum atomic E-state index is 0.803. The van der Waals surface area contributed by atoms with Gasteiger partial charge in [-0.1, -0.05) is 33.6 Å². The van der Waals surface area contributed by atoms with Crippen LogP contribution in [0.2, 0.25) is 0 Å². The molecular weight excluding hydrogens is 256 g/mol. The van der Waals surface area contributed by atoms with E-state index in [-0.39, 0.29) is 0 Å². The lowest BCUT2D eigenvalue weighted by molar-refractivity contribution is 0.0922. The quantitative estimate of drug-likeness (QED) is 0.704. The fourth-order valence-electron chi connectivity index (χ4n) is 4.27. The normalized spacial score (nSPS) is 27.9. The van der Waals surface area contributed by atoms with Gasteiger partial charge in [-0.15, -0.1) is 0 Å². The largest absolute Gasteiger partial charge is 0.314 e. The summed E-state index contributed by atoms with van der Waals surface area (Å²) in [6.07, 6.45) is 14.2. The monoisotopic (exact) mass is 294 g/mol. The zero-order valence-electron chi connectivity index (χ0n) is 14.7. The molecule has 2 rings (SSSR count). The van der Waals surface area contributed by atoms with E-state index >= 15 is 0 Å². The molecule has 0 aromatic carbocycles. The second-order valence-electron chi connectivity index (χ2n) is 7.82. The molecule has 0 radical (unpaired) electrons. The molecule has 0 bridgehead atoms. The zero-order chi connectivity index (χ0) is 15.1. The number of nitrogens with zero attached hydrogens (tertiary/aromatic N) is 1. The van der Waals surface area contributed by atoms with Crippen LogP contribution in [-0.4, -0.2) is 36.1 Å². The number of hydrogen-bond acceptors (Lipinski definition) is 2. The van der Waals surface area contributed by atoms with Crippen LogP contribution in [0.4, 0.5) is 0 Å². The molecule has 0 aromatic heterocycles. The maximum Gasteiger partial charge on any atom is 0.00993 e. The smallest absolute Gasteiger partial charge is 0.00993 e. The van der Waals surface area contributed by atoms with Gasteiger partial charge < -0.3 is 5.32 Å². The van der Waals surface area contributed by atoms with E-state index in [4.69, 9.17) is 0 Å². The Labute approximate surface area is 133 Å². The molecule has 2 heteroatoms. The first kappa shape index (κ1) is 17.3. The molecular formula is C19H38N2. The Bertz CT molecular complexity index is 263. The van der Waals surface area contributed by atoms with Gasteiger partial charge >= 0.3 is 0 Å². The van der Waals surface area contributed by atoms with Crippen molar-refractivity contribution in [2.45, 2.75) is 103 Å². The molecule has 2 fully saturated rings. The standard InChI is InChI=1S/C19H38N2/c1-4-14-20-17-9-11-19(12-10-17)21(15-13-16(2)3)18-7-5-6-8-18/h16-20H,4-15H2,1-3H3. The van der Waals surface area contributed by atoms with Gasteiger partial charge in [0.05, 0.1) is 0 Å². The van der Waals surface area contributed by atoms with E-state index in [0.29, 0.717) is 0 Å². The van der Waals surface area contributed by atoms with Gasteiger partial charge in [0.15, 0.2) is 0 Å². The van der Waals surface area contributed by atoms with Crippen LogP contribution in [0.3, 0.4) is 0 Å². The summed E-state index contributed by atoms with van der Waals surface area (Å²) >= 11 is 0. The van der Waals surface area contributed by atoms with Gasteiger partial charge in [0, 0.05) is 18.1 Å². The highest BCUT2D eigenvalue weighted by atomic mass is 15.2.